The first kappa shape index (κ1) is 14.2. The minimum atomic E-state index is -0.370. The van der Waals surface area contributed by atoms with Crippen molar-refractivity contribution in [1.29, 1.82) is 0 Å². The van der Waals surface area contributed by atoms with Gasteiger partial charge in [0.1, 0.15) is 11.6 Å². The second kappa shape index (κ2) is 6.81. The second-order valence-corrected chi connectivity index (χ2v) is 4.90. The average molecular weight is 292 g/mol. The first-order valence-electron chi connectivity index (χ1n) is 5.90. The Morgan fingerprint density at radius 2 is 2.10 bits per heavy atom. The normalized spacial score (nSPS) is 11.2. The molecular weight excluding hydrogens is 279 g/mol. The van der Waals surface area contributed by atoms with Gasteiger partial charge in [-0.2, -0.15) is 5.10 Å². The quantitative estimate of drug-likeness (QED) is 0.680. The van der Waals surface area contributed by atoms with E-state index in [4.69, 9.17) is 4.74 Å². The van der Waals surface area contributed by atoms with Crippen LogP contribution in [0.2, 0.25) is 0 Å². The van der Waals surface area contributed by atoms with E-state index >= 15 is 0 Å². The number of ether oxygens (including phenoxy) is 1. The maximum atomic E-state index is 12.7. The highest BCUT2D eigenvalue weighted by Crippen LogP contribution is 2.11. The van der Waals surface area contributed by atoms with Crippen LogP contribution in [0.25, 0.3) is 0 Å². The smallest absolute Gasteiger partial charge is 0.277 e. The Labute approximate surface area is 119 Å². The molecule has 0 saturated heterocycles. The van der Waals surface area contributed by atoms with E-state index in [-0.39, 0.29) is 18.3 Å². The van der Waals surface area contributed by atoms with Crippen LogP contribution in [0.1, 0.15) is 11.8 Å². The van der Waals surface area contributed by atoms with Crippen molar-refractivity contribution in [2.75, 3.05) is 6.61 Å². The summed E-state index contributed by atoms with van der Waals surface area (Å²) in [4.78, 5) is 12.5. The minimum Gasteiger partial charge on any atom is -0.484 e. The summed E-state index contributed by atoms with van der Waals surface area (Å²) in [5.74, 6) is -0.288. The lowest BCUT2D eigenvalue weighted by molar-refractivity contribution is -0.123. The highest BCUT2D eigenvalue weighted by molar-refractivity contribution is 7.12. The van der Waals surface area contributed by atoms with E-state index in [9.17, 15) is 9.18 Å². The van der Waals surface area contributed by atoms with Gasteiger partial charge in [0.25, 0.3) is 5.91 Å². The Morgan fingerprint density at radius 3 is 2.75 bits per heavy atom. The van der Waals surface area contributed by atoms with Crippen LogP contribution in [0.5, 0.6) is 5.75 Å². The van der Waals surface area contributed by atoms with Crippen molar-refractivity contribution in [1.82, 2.24) is 5.43 Å². The summed E-state index contributed by atoms with van der Waals surface area (Å²) in [5, 5.41) is 5.92. The highest BCUT2D eigenvalue weighted by Gasteiger charge is 2.03. The molecule has 104 valence electrons. The number of nitrogens with zero attached hydrogens (tertiary/aromatic N) is 1. The molecule has 1 aromatic carbocycles. The number of hydrogen-bond donors (Lipinski definition) is 1. The Bertz CT molecular complexity index is 594. The molecule has 0 aliphatic carbocycles. The molecule has 0 fully saturated rings. The summed E-state index contributed by atoms with van der Waals surface area (Å²) in [6.45, 7) is 1.64. The molecule has 1 N–H and O–H groups in total. The third kappa shape index (κ3) is 4.17. The van der Waals surface area contributed by atoms with E-state index < -0.39 is 0 Å². The standard InChI is InChI=1S/C14H13FN2O2S/c1-10(13-3-2-8-20-13)16-17-14(18)9-19-12-6-4-11(15)5-7-12/h2-8H,9H2,1H3,(H,17,18)/b16-10+. The number of rotatable bonds is 5. The molecule has 2 rings (SSSR count). The van der Waals surface area contributed by atoms with E-state index in [0.717, 1.165) is 10.6 Å². The Morgan fingerprint density at radius 1 is 1.35 bits per heavy atom. The van der Waals surface area contributed by atoms with Gasteiger partial charge in [-0.25, -0.2) is 9.82 Å². The van der Waals surface area contributed by atoms with E-state index in [1.807, 2.05) is 24.4 Å². The van der Waals surface area contributed by atoms with E-state index in [2.05, 4.69) is 10.5 Å². The number of thiophene rings is 1. The van der Waals surface area contributed by atoms with Crippen molar-refractivity contribution in [2.45, 2.75) is 6.92 Å². The summed E-state index contributed by atoms with van der Waals surface area (Å²) in [6.07, 6.45) is 0. The number of benzene rings is 1. The van der Waals surface area contributed by atoms with Crippen molar-refractivity contribution in [2.24, 2.45) is 5.10 Å². The lowest BCUT2D eigenvalue weighted by Gasteiger charge is -2.05. The van der Waals surface area contributed by atoms with Gasteiger partial charge in [0.15, 0.2) is 6.61 Å². The van der Waals surface area contributed by atoms with E-state index in [0.29, 0.717) is 5.75 Å². The third-order valence-electron chi connectivity index (χ3n) is 2.41. The molecule has 0 radical (unpaired) electrons. The number of hydrogen-bond acceptors (Lipinski definition) is 4. The van der Waals surface area contributed by atoms with Crippen molar-refractivity contribution in [3.05, 3.63) is 52.5 Å². The number of carbonyl (C=O) groups excluding carboxylic acids is 1. The monoisotopic (exact) mass is 292 g/mol. The molecule has 0 aliphatic rings. The van der Waals surface area contributed by atoms with Crippen molar-refractivity contribution < 1.29 is 13.9 Å². The van der Waals surface area contributed by atoms with Gasteiger partial charge < -0.3 is 4.74 Å². The average Bonchev–Trinajstić information content (AvgIpc) is 2.98. The summed E-state index contributed by atoms with van der Waals surface area (Å²) >= 11 is 1.55. The van der Waals surface area contributed by atoms with E-state index in [1.165, 1.54) is 24.3 Å². The first-order chi connectivity index (χ1) is 9.65. The summed E-state index contributed by atoms with van der Waals surface area (Å²) in [7, 11) is 0. The van der Waals surface area contributed by atoms with Crippen molar-refractivity contribution in [3.8, 4) is 5.75 Å². The van der Waals surface area contributed by atoms with Gasteiger partial charge in [-0.15, -0.1) is 11.3 Å². The summed E-state index contributed by atoms with van der Waals surface area (Å²) in [5.41, 5.74) is 3.14. The maximum absolute atomic E-state index is 12.7. The molecule has 0 unspecified atom stereocenters. The molecule has 4 nitrogen and oxygen atoms in total. The Kier molecular flexibility index (Phi) is 4.84. The zero-order valence-electron chi connectivity index (χ0n) is 10.8. The van der Waals surface area contributed by atoms with Gasteiger partial charge in [-0.3, -0.25) is 4.79 Å². The predicted octanol–water partition coefficient (Wildman–Crippen LogP) is 2.81. The van der Waals surface area contributed by atoms with Crippen LogP contribution in [0, 0.1) is 5.82 Å². The first-order valence-corrected chi connectivity index (χ1v) is 6.78. The van der Waals surface area contributed by atoms with E-state index in [1.54, 1.807) is 11.3 Å². The molecule has 20 heavy (non-hydrogen) atoms. The molecule has 0 aliphatic heterocycles. The molecule has 6 heteroatoms. The van der Waals surface area contributed by atoms with Gasteiger partial charge in [0.05, 0.1) is 5.71 Å². The van der Waals surface area contributed by atoms with Crippen molar-refractivity contribution in [3.63, 3.8) is 0 Å². The Hall–Kier alpha value is -2.21. The van der Waals surface area contributed by atoms with Crippen LogP contribution in [-0.2, 0) is 4.79 Å². The largest absolute Gasteiger partial charge is 0.484 e. The number of amides is 1. The molecule has 0 bridgehead atoms. The van der Waals surface area contributed by atoms with Crippen LogP contribution in [0.3, 0.4) is 0 Å². The molecule has 1 heterocycles. The topological polar surface area (TPSA) is 50.7 Å². The summed E-state index contributed by atoms with van der Waals surface area (Å²) in [6, 6.07) is 9.30. The van der Waals surface area contributed by atoms with Gasteiger partial charge in [0, 0.05) is 4.88 Å². The van der Waals surface area contributed by atoms with Gasteiger partial charge in [0.2, 0.25) is 0 Å². The van der Waals surface area contributed by atoms with Crippen LogP contribution in [-0.4, -0.2) is 18.2 Å². The SMILES string of the molecule is C/C(=N\NC(=O)COc1ccc(F)cc1)c1cccs1. The van der Waals surface area contributed by atoms with Gasteiger partial charge in [-0.1, -0.05) is 6.07 Å². The lowest BCUT2D eigenvalue weighted by atomic mass is 10.3. The third-order valence-corrected chi connectivity index (χ3v) is 3.39. The summed E-state index contributed by atoms with van der Waals surface area (Å²) < 4.78 is 17.9. The molecular formula is C14H13FN2O2S. The van der Waals surface area contributed by atoms with Crippen molar-refractivity contribution >= 4 is 23.0 Å². The van der Waals surface area contributed by atoms with Crippen LogP contribution in [0.15, 0.2) is 46.9 Å². The van der Waals surface area contributed by atoms with Crippen LogP contribution >= 0.6 is 11.3 Å². The number of nitrogens with one attached hydrogen (secondary N) is 1. The van der Waals surface area contributed by atoms with Gasteiger partial charge >= 0.3 is 0 Å². The molecule has 2 aromatic rings. The fourth-order valence-corrected chi connectivity index (χ4v) is 2.07. The molecule has 1 amide bonds. The number of carbonyl (C=O) groups is 1. The molecule has 0 atom stereocenters. The molecule has 1 aromatic heterocycles. The number of hydrazone groups is 1. The molecule has 0 saturated carbocycles. The fraction of sp³-hybridized carbons (Fsp3) is 0.143. The zero-order valence-corrected chi connectivity index (χ0v) is 11.6. The van der Waals surface area contributed by atoms with Crippen LogP contribution in [0.4, 0.5) is 4.39 Å². The second-order valence-electron chi connectivity index (χ2n) is 3.95. The Balaban J connectivity index is 1.81. The maximum Gasteiger partial charge on any atom is 0.277 e. The fourth-order valence-electron chi connectivity index (χ4n) is 1.40. The van der Waals surface area contributed by atoms with Gasteiger partial charge in [-0.05, 0) is 42.6 Å². The highest BCUT2D eigenvalue weighted by atomic mass is 32.1. The number of halogens is 1. The minimum absolute atomic E-state index is 0.174. The predicted molar refractivity (Wildman–Crippen MR) is 76.6 cm³/mol. The lowest BCUT2D eigenvalue weighted by Crippen LogP contribution is -2.25. The molecule has 0 spiro atoms. The van der Waals surface area contributed by atoms with Crippen LogP contribution < -0.4 is 10.2 Å². The zero-order chi connectivity index (χ0) is 14.4.